The number of hydrogen-bond acceptors (Lipinski definition) is 3. The predicted octanol–water partition coefficient (Wildman–Crippen LogP) is 2.27. The summed E-state index contributed by atoms with van der Waals surface area (Å²) in [6.07, 6.45) is 4.52. The Morgan fingerprint density at radius 3 is 2.56 bits per heavy atom. The summed E-state index contributed by atoms with van der Waals surface area (Å²) < 4.78 is 5.27. The molecule has 0 aliphatic carbocycles. The molecule has 0 bridgehead atoms. The third-order valence-electron chi connectivity index (χ3n) is 2.59. The highest BCUT2D eigenvalue weighted by atomic mass is 16.6. The molecule has 102 valence electrons. The molecule has 1 N–H and O–H groups in total. The van der Waals surface area contributed by atoms with E-state index in [1.165, 1.54) is 4.90 Å². The Kier molecular flexibility index (Phi) is 4.76. The van der Waals surface area contributed by atoms with E-state index in [1.807, 2.05) is 12.2 Å². The maximum absolute atomic E-state index is 11.9. The summed E-state index contributed by atoms with van der Waals surface area (Å²) in [7, 11) is 0. The van der Waals surface area contributed by atoms with Crippen LogP contribution in [0.15, 0.2) is 12.2 Å². The zero-order chi connectivity index (χ0) is 13.8. The van der Waals surface area contributed by atoms with Crippen molar-refractivity contribution in [3.8, 4) is 0 Å². The average molecular weight is 255 g/mol. The van der Waals surface area contributed by atoms with Gasteiger partial charge in [-0.1, -0.05) is 12.2 Å². The molecule has 1 atom stereocenters. The third kappa shape index (κ3) is 4.77. The van der Waals surface area contributed by atoms with Crippen molar-refractivity contribution in [1.29, 1.82) is 0 Å². The standard InChI is InChI=1S/C13H21NO4/c1-13(2,3)18-12(17)14-8-6-4-5-7-10(9-14)11(15)16/h4-5,10H,6-9H2,1-3H3,(H,15,16). The van der Waals surface area contributed by atoms with Crippen LogP contribution in [0.2, 0.25) is 0 Å². The van der Waals surface area contributed by atoms with Gasteiger partial charge in [0.15, 0.2) is 0 Å². The Morgan fingerprint density at radius 2 is 2.00 bits per heavy atom. The predicted molar refractivity (Wildman–Crippen MR) is 67.3 cm³/mol. The molecule has 1 aliphatic rings. The fraction of sp³-hybridized carbons (Fsp3) is 0.692. The van der Waals surface area contributed by atoms with Crippen LogP contribution in [-0.4, -0.2) is 40.8 Å². The molecular weight excluding hydrogens is 234 g/mol. The van der Waals surface area contributed by atoms with Crippen molar-refractivity contribution in [1.82, 2.24) is 4.90 Å². The second-order valence-corrected chi connectivity index (χ2v) is 5.46. The van der Waals surface area contributed by atoms with E-state index in [-0.39, 0.29) is 6.54 Å². The molecule has 0 aromatic carbocycles. The Bertz CT molecular complexity index is 343. The van der Waals surface area contributed by atoms with Crippen molar-refractivity contribution in [3.63, 3.8) is 0 Å². The summed E-state index contributed by atoms with van der Waals surface area (Å²) in [4.78, 5) is 24.5. The summed E-state index contributed by atoms with van der Waals surface area (Å²) >= 11 is 0. The quantitative estimate of drug-likeness (QED) is 0.730. The zero-order valence-electron chi connectivity index (χ0n) is 11.2. The number of carboxylic acid groups (broad SMARTS) is 1. The molecule has 18 heavy (non-hydrogen) atoms. The number of aliphatic carboxylic acids is 1. The van der Waals surface area contributed by atoms with Crippen molar-refractivity contribution in [3.05, 3.63) is 12.2 Å². The smallest absolute Gasteiger partial charge is 0.410 e. The average Bonchev–Trinajstić information content (AvgIpc) is 2.12. The molecule has 1 amide bonds. The Balaban J connectivity index is 2.70. The fourth-order valence-corrected chi connectivity index (χ4v) is 1.71. The number of carbonyl (C=O) groups excluding carboxylic acids is 1. The maximum atomic E-state index is 11.9. The lowest BCUT2D eigenvalue weighted by atomic mass is 10.0. The molecule has 0 aromatic heterocycles. The van der Waals surface area contributed by atoms with Gasteiger partial charge in [0.1, 0.15) is 5.60 Å². The van der Waals surface area contributed by atoms with Crippen LogP contribution in [0.25, 0.3) is 0 Å². The van der Waals surface area contributed by atoms with Crippen LogP contribution in [0.5, 0.6) is 0 Å². The normalized spacial score (nSPS) is 21.1. The fourth-order valence-electron chi connectivity index (χ4n) is 1.71. The molecule has 1 rings (SSSR count). The lowest BCUT2D eigenvalue weighted by Gasteiger charge is -2.29. The van der Waals surface area contributed by atoms with Crippen LogP contribution in [0.1, 0.15) is 33.6 Å². The van der Waals surface area contributed by atoms with Gasteiger partial charge < -0.3 is 14.7 Å². The highest BCUT2D eigenvalue weighted by molar-refractivity contribution is 5.73. The molecule has 5 nitrogen and oxygen atoms in total. The lowest BCUT2D eigenvalue weighted by molar-refractivity contribution is -0.142. The Labute approximate surface area is 107 Å². The maximum Gasteiger partial charge on any atom is 0.410 e. The molecule has 5 heteroatoms. The Morgan fingerprint density at radius 1 is 1.33 bits per heavy atom. The van der Waals surface area contributed by atoms with Crippen LogP contribution in [0.4, 0.5) is 4.79 Å². The largest absolute Gasteiger partial charge is 0.481 e. The lowest BCUT2D eigenvalue weighted by Crippen LogP contribution is -2.42. The van der Waals surface area contributed by atoms with E-state index in [0.29, 0.717) is 13.0 Å². The van der Waals surface area contributed by atoms with Gasteiger partial charge in [-0.15, -0.1) is 0 Å². The molecule has 0 radical (unpaired) electrons. The molecule has 0 aromatic rings. The summed E-state index contributed by atoms with van der Waals surface area (Å²) in [6.45, 7) is 6.08. The van der Waals surface area contributed by atoms with Crippen LogP contribution < -0.4 is 0 Å². The third-order valence-corrected chi connectivity index (χ3v) is 2.59. The van der Waals surface area contributed by atoms with Gasteiger partial charge in [0, 0.05) is 13.1 Å². The number of hydrogen-bond donors (Lipinski definition) is 1. The summed E-state index contributed by atoms with van der Waals surface area (Å²) in [5.74, 6) is -1.44. The SMILES string of the molecule is CC(C)(C)OC(=O)N1CCC=CCC(C(=O)O)C1. The van der Waals surface area contributed by atoms with Gasteiger partial charge in [-0.05, 0) is 33.6 Å². The van der Waals surface area contributed by atoms with Crippen LogP contribution in [0.3, 0.4) is 0 Å². The van der Waals surface area contributed by atoms with Gasteiger partial charge in [-0.2, -0.15) is 0 Å². The molecule has 0 saturated heterocycles. The first kappa shape index (κ1) is 14.5. The number of allylic oxidation sites excluding steroid dienone is 1. The van der Waals surface area contributed by atoms with E-state index in [9.17, 15) is 9.59 Å². The monoisotopic (exact) mass is 255 g/mol. The number of amides is 1. The van der Waals surface area contributed by atoms with E-state index >= 15 is 0 Å². The van der Waals surface area contributed by atoms with Crippen molar-refractivity contribution >= 4 is 12.1 Å². The highest BCUT2D eigenvalue weighted by Crippen LogP contribution is 2.16. The van der Waals surface area contributed by atoms with Gasteiger partial charge >= 0.3 is 12.1 Å². The molecule has 1 heterocycles. The first-order valence-corrected chi connectivity index (χ1v) is 6.15. The molecule has 1 aliphatic heterocycles. The van der Waals surface area contributed by atoms with Crippen molar-refractivity contribution in [2.75, 3.05) is 13.1 Å². The van der Waals surface area contributed by atoms with Crippen LogP contribution in [0, 0.1) is 5.92 Å². The van der Waals surface area contributed by atoms with Gasteiger partial charge in [0.05, 0.1) is 5.92 Å². The molecule has 0 spiro atoms. The summed E-state index contributed by atoms with van der Waals surface area (Å²) in [5.41, 5.74) is -0.561. The van der Waals surface area contributed by atoms with Gasteiger partial charge in [0.2, 0.25) is 0 Å². The van der Waals surface area contributed by atoms with Gasteiger partial charge in [-0.3, -0.25) is 4.79 Å². The first-order chi connectivity index (χ1) is 8.29. The molecular formula is C13H21NO4. The number of carbonyl (C=O) groups is 2. The van der Waals surface area contributed by atoms with Crippen molar-refractivity contribution < 1.29 is 19.4 Å². The van der Waals surface area contributed by atoms with E-state index in [4.69, 9.17) is 9.84 Å². The molecule has 1 unspecified atom stereocenters. The van der Waals surface area contributed by atoms with Crippen LogP contribution >= 0.6 is 0 Å². The Hall–Kier alpha value is -1.52. The minimum Gasteiger partial charge on any atom is -0.481 e. The first-order valence-electron chi connectivity index (χ1n) is 6.15. The van der Waals surface area contributed by atoms with Gasteiger partial charge in [-0.25, -0.2) is 4.79 Å². The van der Waals surface area contributed by atoms with Crippen LogP contribution in [-0.2, 0) is 9.53 Å². The van der Waals surface area contributed by atoms with Crippen molar-refractivity contribution in [2.24, 2.45) is 5.92 Å². The minimum absolute atomic E-state index is 0.203. The second kappa shape index (κ2) is 5.89. The summed E-state index contributed by atoms with van der Waals surface area (Å²) in [5, 5.41) is 9.07. The number of carboxylic acids is 1. The molecule has 0 saturated carbocycles. The number of rotatable bonds is 1. The van der Waals surface area contributed by atoms with E-state index in [0.717, 1.165) is 6.42 Å². The van der Waals surface area contributed by atoms with Crippen molar-refractivity contribution in [2.45, 2.75) is 39.2 Å². The van der Waals surface area contributed by atoms with E-state index in [1.54, 1.807) is 20.8 Å². The minimum atomic E-state index is -0.880. The summed E-state index contributed by atoms with van der Waals surface area (Å²) in [6, 6.07) is 0. The topological polar surface area (TPSA) is 66.8 Å². The zero-order valence-corrected chi connectivity index (χ0v) is 11.2. The van der Waals surface area contributed by atoms with Gasteiger partial charge in [0.25, 0.3) is 0 Å². The van der Waals surface area contributed by atoms with E-state index in [2.05, 4.69) is 0 Å². The number of nitrogens with zero attached hydrogens (tertiary/aromatic N) is 1. The highest BCUT2D eigenvalue weighted by Gasteiger charge is 2.27. The molecule has 0 fully saturated rings. The second-order valence-electron chi connectivity index (χ2n) is 5.46. The van der Waals surface area contributed by atoms with E-state index < -0.39 is 23.6 Å². The number of ether oxygens (including phenoxy) is 1.